The Morgan fingerprint density at radius 1 is 1.04 bits per heavy atom. The van der Waals surface area contributed by atoms with Crippen LogP contribution in [-0.2, 0) is 17.9 Å². The first-order valence-electron chi connectivity index (χ1n) is 8.42. The standard InChI is InChI=1S/C20H24N2O4/c1-14(2)22-20(24)21-12-15-8-10-16(11-9-15)19(23)26-13-17-6-4-5-7-18(17)25-3/h4-11,14H,12-13H2,1-3H3,(H2,21,22,24). The number of methoxy groups -OCH3 is 1. The van der Waals surface area contributed by atoms with Crippen molar-refractivity contribution in [3.63, 3.8) is 0 Å². The van der Waals surface area contributed by atoms with Gasteiger partial charge in [0.05, 0.1) is 12.7 Å². The van der Waals surface area contributed by atoms with E-state index in [1.807, 2.05) is 38.1 Å². The number of para-hydroxylation sites is 1. The van der Waals surface area contributed by atoms with E-state index in [2.05, 4.69) is 10.6 Å². The van der Waals surface area contributed by atoms with Crippen molar-refractivity contribution in [1.29, 1.82) is 0 Å². The van der Waals surface area contributed by atoms with Gasteiger partial charge in [0.2, 0.25) is 0 Å². The molecule has 0 fully saturated rings. The molecule has 6 nitrogen and oxygen atoms in total. The number of hydrogen-bond acceptors (Lipinski definition) is 4. The van der Waals surface area contributed by atoms with E-state index in [9.17, 15) is 9.59 Å². The van der Waals surface area contributed by atoms with Gasteiger partial charge in [-0.15, -0.1) is 0 Å². The number of carbonyl (C=O) groups excluding carboxylic acids is 2. The van der Waals surface area contributed by atoms with Gasteiger partial charge in [0.15, 0.2) is 0 Å². The topological polar surface area (TPSA) is 76.7 Å². The maximum atomic E-state index is 12.2. The zero-order valence-corrected chi connectivity index (χ0v) is 15.2. The molecule has 2 N–H and O–H groups in total. The average molecular weight is 356 g/mol. The molecule has 0 radical (unpaired) electrons. The number of ether oxygens (including phenoxy) is 2. The highest BCUT2D eigenvalue weighted by atomic mass is 16.5. The van der Waals surface area contributed by atoms with Gasteiger partial charge in [0, 0.05) is 18.2 Å². The fourth-order valence-corrected chi connectivity index (χ4v) is 2.30. The van der Waals surface area contributed by atoms with Gasteiger partial charge in [-0.25, -0.2) is 9.59 Å². The maximum absolute atomic E-state index is 12.2. The summed E-state index contributed by atoms with van der Waals surface area (Å²) in [6.45, 7) is 4.31. The normalized spacial score (nSPS) is 10.3. The van der Waals surface area contributed by atoms with Crippen molar-refractivity contribution in [3.8, 4) is 5.75 Å². The lowest BCUT2D eigenvalue weighted by atomic mass is 10.1. The first-order chi connectivity index (χ1) is 12.5. The van der Waals surface area contributed by atoms with Crippen molar-refractivity contribution >= 4 is 12.0 Å². The van der Waals surface area contributed by atoms with Crippen LogP contribution >= 0.6 is 0 Å². The minimum Gasteiger partial charge on any atom is -0.496 e. The van der Waals surface area contributed by atoms with Crippen molar-refractivity contribution in [2.75, 3.05) is 7.11 Å². The summed E-state index contributed by atoms with van der Waals surface area (Å²) in [6.07, 6.45) is 0. The van der Waals surface area contributed by atoms with Crippen LogP contribution in [0.4, 0.5) is 4.79 Å². The maximum Gasteiger partial charge on any atom is 0.338 e. The molecule has 26 heavy (non-hydrogen) atoms. The van der Waals surface area contributed by atoms with Crippen molar-refractivity contribution in [2.45, 2.75) is 33.0 Å². The molecule has 0 atom stereocenters. The molecule has 2 aromatic rings. The second-order valence-electron chi connectivity index (χ2n) is 6.07. The molecule has 2 rings (SSSR count). The van der Waals surface area contributed by atoms with Gasteiger partial charge in [-0.2, -0.15) is 0 Å². The molecule has 0 aliphatic heterocycles. The van der Waals surface area contributed by atoms with E-state index in [1.54, 1.807) is 31.4 Å². The highest BCUT2D eigenvalue weighted by Crippen LogP contribution is 2.18. The quantitative estimate of drug-likeness (QED) is 0.747. The molecule has 2 amide bonds. The fraction of sp³-hybridized carbons (Fsp3) is 0.300. The number of esters is 1. The minimum atomic E-state index is -0.409. The van der Waals surface area contributed by atoms with Gasteiger partial charge in [-0.1, -0.05) is 30.3 Å². The SMILES string of the molecule is COc1ccccc1COC(=O)c1ccc(CNC(=O)NC(C)C)cc1. The number of nitrogens with one attached hydrogen (secondary N) is 2. The summed E-state index contributed by atoms with van der Waals surface area (Å²) in [4.78, 5) is 23.7. The second-order valence-corrected chi connectivity index (χ2v) is 6.07. The molecule has 0 saturated carbocycles. The molecule has 0 bridgehead atoms. The number of amides is 2. The van der Waals surface area contributed by atoms with Crippen LogP contribution in [0.1, 0.15) is 35.3 Å². The number of hydrogen-bond donors (Lipinski definition) is 2. The van der Waals surface area contributed by atoms with Crippen LogP contribution in [0.2, 0.25) is 0 Å². The van der Waals surface area contributed by atoms with Crippen LogP contribution in [-0.4, -0.2) is 25.2 Å². The number of carbonyl (C=O) groups is 2. The molecule has 0 spiro atoms. The lowest BCUT2D eigenvalue weighted by Gasteiger charge is -2.11. The Hall–Kier alpha value is -3.02. The van der Waals surface area contributed by atoms with Crippen LogP contribution in [0.25, 0.3) is 0 Å². The molecule has 6 heteroatoms. The molecule has 0 saturated heterocycles. The molecule has 0 aliphatic carbocycles. The van der Waals surface area contributed by atoms with E-state index in [-0.39, 0.29) is 18.7 Å². The Balaban J connectivity index is 1.87. The summed E-state index contributed by atoms with van der Waals surface area (Å²) >= 11 is 0. The van der Waals surface area contributed by atoms with Gasteiger partial charge in [0.25, 0.3) is 0 Å². The van der Waals surface area contributed by atoms with Gasteiger partial charge in [-0.05, 0) is 37.6 Å². The Kier molecular flexibility index (Phi) is 7.02. The summed E-state index contributed by atoms with van der Waals surface area (Å²) in [5.41, 5.74) is 2.15. The van der Waals surface area contributed by atoms with Crippen molar-refractivity contribution in [3.05, 3.63) is 65.2 Å². The zero-order valence-electron chi connectivity index (χ0n) is 15.2. The Morgan fingerprint density at radius 3 is 2.38 bits per heavy atom. The van der Waals surface area contributed by atoms with Crippen LogP contribution in [0.3, 0.4) is 0 Å². The zero-order chi connectivity index (χ0) is 18.9. The summed E-state index contributed by atoms with van der Waals surface area (Å²) in [5, 5.41) is 5.51. The van der Waals surface area contributed by atoms with Crippen LogP contribution < -0.4 is 15.4 Å². The summed E-state index contributed by atoms with van der Waals surface area (Å²) < 4.78 is 10.6. The summed E-state index contributed by atoms with van der Waals surface area (Å²) in [5.74, 6) is 0.273. The average Bonchev–Trinajstić information content (AvgIpc) is 2.64. The molecular weight excluding hydrogens is 332 g/mol. The minimum absolute atomic E-state index is 0.0791. The van der Waals surface area contributed by atoms with Gasteiger partial charge < -0.3 is 20.1 Å². The third-order valence-corrected chi connectivity index (χ3v) is 3.61. The predicted molar refractivity (Wildman–Crippen MR) is 99.1 cm³/mol. The second kappa shape index (κ2) is 9.46. The van der Waals surface area contributed by atoms with Crippen molar-refractivity contribution < 1.29 is 19.1 Å². The van der Waals surface area contributed by atoms with Gasteiger partial charge >= 0.3 is 12.0 Å². The molecule has 0 heterocycles. The lowest BCUT2D eigenvalue weighted by molar-refractivity contribution is 0.0470. The van der Waals surface area contributed by atoms with E-state index in [1.165, 1.54) is 0 Å². The largest absolute Gasteiger partial charge is 0.496 e. The van der Waals surface area contributed by atoms with E-state index in [4.69, 9.17) is 9.47 Å². The molecule has 2 aromatic carbocycles. The lowest BCUT2D eigenvalue weighted by Crippen LogP contribution is -2.39. The van der Waals surface area contributed by atoms with Gasteiger partial charge in [0.1, 0.15) is 12.4 Å². The summed E-state index contributed by atoms with van der Waals surface area (Å²) in [6, 6.07) is 14.2. The van der Waals surface area contributed by atoms with Crippen molar-refractivity contribution in [1.82, 2.24) is 10.6 Å². The van der Waals surface area contributed by atoms with E-state index < -0.39 is 5.97 Å². The monoisotopic (exact) mass is 356 g/mol. The highest BCUT2D eigenvalue weighted by molar-refractivity contribution is 5.89. The fourth-order valence-electron chi connectivity index (χ4n) is 2.30. The van der Waals surface area contributed by atoms with Crippen LogP contribution in [0, 0.1) is 0 Å². The number of urea groups is 1. The Morgan fingerprint density at radius 2 is 1.73 bits per heavy atom. The van der Waals surface area contributed by atoms with E-state index in [0.29, 0.717) is 17.9 Å². The highest BCUT2D eigenvalue weighted by Gasteiger charge is 2.10. The molecule has 0 aliphatic rings. The Labute approximate surface area is 153 Å². The van der Waals surface area contributed by atoms with E-state index >= 15 is 0 Å². The van der Waals surface area contributed by atoms with Gasteiger partial charge in [-0.3, -0.25) is 0 Å². The third-order valence-electron chi connectivity index (χ3n) is 3.61. The predicted octanol–water partition coefficient (Wildman–Crippen LogP) is 3.26. The number of benzene rings is 2. The molecular formula is C20H24N2O4. The number of rotatable bonds is 7. The van der Waals surface area contributed by atoms with Crippen molar-refractivity contribution in [2.24, 2.45) is 0 Å². The van der Waals surface area contributed by atoms with Crippen LogP contribution in [0.15, 0.2) is 48.5 Å². The Bertz CT molecular complexity index is 742. The smallest absolute Gasteiger partial charge is 0.338 e. The molecule has 0 unspecified atom stereocenters. The van der Waals surface area contributed by atoms with E-state index in [0.717, 1.165) is 11.1 Å². The third kappa shape index (κ3) is 5.81. The summed E-state index contributed by atoms with van der Waals surface area (Å²) in [7, 11) is 1.58. The first-order valence-corrected chi connectivity index (χ1v) is 8.42. The first kappa shape index (κ1) is 19.3. The molecule has 0 aromatic heterocycles. The molecule has 138 valence electrons. The van der Waals surface area contributed by atoms with Crippen LogP contribution in [0.5, 0.6) is 5.75 Å².